The summed E-state index contributed by atoms with van der Waals surface area (Å²) in [5.74, 6) is 0.761. The topological polar surface area (TPSA) is 77.1 Å². The van der Waals surface area contributed by atoms with Crippen LogP contribution >= 0.6 is 0 Å². The van der Waals surface area contributed by atoms with E-state index in [0.29, 0.717) is 41.7 Å². The maximum Gasteiger partial charge on any atom is 0.263 e. The first-order valence-corrected chi connectivity index (χ1v) is 8.09. The van der Waals surface area contributed by atoms with Crippen LogP contribution in [0, 0.1) is 0 Å². The predicted molar refractivity (Wildman–Crippen MR) is 96.4 cm³/mol. The molecule has 0 radical (unpaired) electrons. The summed E-state index contributed by atoms with van der Waals surface area (Å²) in [5, 5.41) is 2.79. The molecule has 1 aliphatic rings. The number of benzene rings is 2. The molecule has 0 fully saturated rings. The Morgan fingerprint density at radius 1 is 1.15 bits per heavy atom. The van der Waals surface area contributed by atoms with Gasteiger partial charge in [-0.2, -0.15) is 0 Å². The van der Waals surface area contributed by atoms with Gasteiger partial charge in [-0.1, -0.05) is 6.07 Å². The number of amides is 2. The molecule has 0 saturated carbocycles. The number of carbonyl (C=O) groups is 2. The van der Waals surface area contributed by atoms with Gasteiger partial charge in [0.2, 0.25) is 0 Å². The van der Waals surface area contributed by atoms with Crippen LogP contribution in [0.25, 0.3) is 0 Å². The molecular formula is C19H20N2O5. The smallest absolute Gasteiger partial charge is 0.263 e. The van der Waals surface area contributed by atoms with Crippen LogP contribution < -0.4 is 19.5 Å². The Morgan fingerprint density at radius 2 is 1.85 bits per heavy atom. The van der Waals surface area contributed by atoms with Crippen molar-refractivity contribution >= 4 is 17.5 Å². The van der Waals surface area contributed by atoms with Gasteiger partial charge in [0.05, 0.1) is 26.3 Å². The first-order chi connectivity index (χ1) is 12.5. The van der Waals surface area contributed by atoms with Crippen LogP contribution in [0.15, 0.2) is 36.4 Å². The van der Waals surface area contributed by atoms with E-state index in [-0.39, 0.29) is 11.5 Å². The third-order valence-electron chi connectivity index (χ3n) is 4.15. The van der Waals surface area contributed by atoms with Gasteiger partial charge < -0.3 is 24.4 Å². The van der Waals surface area contributed by atoms with Gasteiger partial charge in [0.15, 0.2) is 0 Å². The second-order valence-corrected chi connectivity index (χ2v) is 5.78. The highest BCUT2D eigenvalue weighted by molar-refractivity contribution is 6.09. The molecule has 1 aliphatic heterocycles. The monoisotopic (exact) mass is 356 g/mol. The van der Waals surface area contributed by atoms with E-state index in [0.717, 1.165) is 0 Å². The van der Waals surface area contributed by atoms with E-state index >= 15 is 0 Å². The van der Waals surface area contributed by atoms with E-state index in [4.69, 9.17) is 14.2 Å². The van der Waals surface area contributed by atoms with Crippen molar-refractivity contribution in [2.24, 2.45) is 0 Å². The molecule has 0 aromatic heterocycles. The van der Waals surface area contributed by atoms with Crippen molar-refractivity contribution in [3.63, 3.8) is 0 Å². The quantitative estimate of drug-likeness (QED) is 0.910. The molecule has 2 aromatic rings. The lowest BCUT2D eigenvalue weighted by Gasteiger charge is -2.15. The van der Waals surface area contributed by atoms with Crippen molar-refractivity contribution in [1.82, 2.24) is 4.90 Å². The molecule has 0 spiro atoms. The van der Waals surface area contributed by atoms with Crippen LogP contribution in [0.3, 0.4) is 0 Å². The van der Waals surface area contributed by atoms with Gasteiger partial charge in [-0.05, 0) is 30.3 Å². The zero-order valence-electron chi connectivity index (χ0n) is 14.9. The number of rotatable bonds is 4. The third-order valence-corrected chi connectivity index (χ3v) is 4.15. The number of anilines is 1. The van der Waals surface area contributed by atoms with Crippen molar-refractivity contribution in [3.8, 4) is 17.2 Å². The number of carbonyl (C=O) groups excluding carboxylic acids is 2. The summed E-state index contributed by atoms with van der Waals surface area (Å²) in [6.07, 6.45) is 0. The summed E-state index contributed by atoms with van der Waals surface area (Å²) in [6, 6.07) is 10.1. The Labute approximate surface area is 151 Å². The number of nitrogens with zero attached hydrogens (tertiary/aromatic N) is 1. The lowest BCUT2D eigenvalue weighted by molar-refractivity contribution is 0.0796. The van der Waals surface area contributed by atoms with Crippen LogP contribution in [0.4, 0.5) is 5.69 Å². The molecule has 7 nitrogen and oxygen atoms in total. The van der Waals surface area contributed by atoms with Crippen LogP contribution in [0.5, 0.6) is 17.2 Å². The normalized spacial score (nSPS) is 13.3. The molecule has 1 N–H and O–H groups in total. The highest BCUT2D eigenvalue weighted by atomic mass is 16.5. The van der Waals surface area contributed by atoms with Crippen LogP contribution in [0.1, 0.15) is 20.7 Å². The molecule has 7 heteroatoms. The number of ether oxygens (including phenoxy) is 3. The molecule has 0 unspecified atom stereocenters. The number of fused-ring (bicyclic) bond motifs is 1. The average Bonchev–Trinajstić information content (AvgIpc) is 2.80. The SMILES string of the molecule is COc1cccc(OC)c1C(=O)Nc1ccc2c(c1)C(=O)N(C)CCO2. The molecule has 3 rings (SSSR count). The molecule has 2 aromatic carbocycles. The number of hydrogen-bond acceptors (Lipinski definition) is 5. The van der Waals surface area contributed by atoms with E-state index in [1.165, 1.54) is 14.2 Å². The van der Waals surface area contributed by atoms with Crippen LogP contribution in [0.2, 0.25) is 0 Å². The Hall–Kier alpha value is -3.22. The number of nitrogens with one attached hydrogen (secondary N) is 1. The van der Waals surface area contributed by atoms with Gasteiger partial charge in [0.25, 0.3) is 11.8 Å². The number of hydrogen-bond donors (Lipinski definition) is 1. The van der Waals surface area contributed by atoms with E-state index < -0.39 is 5.91 Å². The van der Waals surface area contributed by atoms with E-state index in [1.54, 1.807) is 48.3 Å². The predicted octanol–water partition coefficient (Wildman–Crippen LogP) is 2.42. The molecule has 0 bridgehead atoms. The van der Waals surface area contributed by atoms with Crippen LogP contribution in [-0.4, -0.2) is 51.1 Å². The number of methoxy groups -OCH3 is 2. The summed E-state index contributed by atoms with van der Waals surface area (Å²) in [4.78, 5) is 26.8. The first kappa shape index (κ1) is 17.6. The Kier molecular flexibility index (Phi) is 4.97. The summed E-state index contributed by atoms with van der Waals surface area (Å²) in [6.45, 7) is 0.937. The van der Waals surface area contributed by atoms with E-state index in [1.807, 2.05) is 0 Å². The largest absolute Gasteiger partial charge is 0.496 e. The number of likely N-dealkylation sites (N-methyl/N-ethyl adjacent to an activating group) is 1. The minimum atomic E-state index is -0.394. The van der Waals surface area contributed by atoms with Gasteiger partial charge >= 0.3 is 0 Å². The zero-order valence-corrected chi connectivity index (χ0v) is 14.9. The lowest BCUT2D eigenvalue weighted by atomic mass is 10.1. The van der Waals surface area contributed by atoms with Gasteiger partial charge in [0, 0.05) is 12.7 Å². The summed E-state index contributed by atoms with van der Waals surface area (Å²) in [5.41, 5.74) is 1.18. The molecular weight excluding hydrogens is 336 g/mol. The van der Waals surface area contributed by atoms with Gasteiger partial charge in [0.1, 0.15) is 29.4 Å². The minimum Gasteiger partial charge on any atom is -0.496 e. The molecule has 136 valence electrons. The van der Waals surface area contributed by atoms with Gasteiger partial charge in [-0.3, -0.25) is 9.59 Å². The lowest BCUT2D eigenvalue weighted by Crippen LogP contribution is -2.27. The van der Waals surface area contributed by atoms with E-state index in [2.05, 4.69) is 5.32 Å². The van der Waals surface area contributed by atoms with Crippen molar-refractivity contribution in [1.29, 1.82) is 0 Å². The second-order valence-electron chi connectivity index (χ2n) is 5.78. The molecule has 0 aliphatic carbocycles. The van der Waals surface area contributed by atoms with Gasteiger partial charge in [-0.15, -0.1) is 0 Å². The third kappa shape index (κ3) is 3.28. The maximum absolute atomic E-state index is 12.8. The Balaban J connectivity index is 1.92. The molecule has 2 amide bonds. The minimum absolute atomic E-state index is 0.150. The zero-order chi connectivity index (χ0) is 18.7. The first-order valence-electron chi connectivity index (χ1n) is 8.09. The molecule has 26 heavy (non-hydrogen) atoms. The highest BCUT2D eigenvalue weighted by Gasteiger charge is 2.23. The highest BCUT2D eigenvalue weighted by Crippen LogP contribution is 2.30. The standard InChI is InChI=1S/C19H20N2O5/c1-21-9-10-26-14-8-7-12(11-13(14)19(21)23)20-18(22)17-15(24-2)5-4-6-16(17)25-3/h4-8,11H,9-10H2,1-3H3,(H,20,22). The maximum atomic E-state index is 12.8. The average molecular weight is 356 g/mol. The fourth-order valence-corrected chi connectivity index (χ4v) is 2.77. The summed E-state index contributed by atoms with van der Waals surface area (Å²) >= 11 is 0. The molecule has 0 atom stereocenters. The van der Waals surface area contributed by atoms with Crippen molar-refractivity contribution in [3.05, 3.63) is 47.5 Å². The molecule has 0 saturated heterocycles. The summed E-state index contributed by atoms with van der Waals surface area (Å²) in [7, 11) is 4.69. The van der Waals surface area contributed by atoms with Gasteiger partial charge in [-0.25, -0.2) is 0 Å². The second kappa shape index (κ2) is 7.35. The molecule has 1 heterocycles. The van der Waals surface area contributed by atoms with Crippen molar-refractivity contribution in [2.45, 2.75) is 0 Å². The Morgan fingerprint density at radius 3 is 2.50 bits per heavy atom. The Bertz CT molecular complexity index is 828. The summed E-state index contributed by atoms with van der Waals surface area (Å²) < 4.78 is 16.1. The van der Waals surface area contributed by atoms with E-state index in [9.17, 15) is 9.59 Å². The fraction of sp³-hybridized carbons (Fsp3) is 0.263. The van der Waals surface area contributed by atoms with Crippen molar-refractivity contribution < 1.29 is 23.8 Å². The van der Waals surface area contributed by atoms with Crippen molar-refractivity contribution in [2.75, 3.05) is 39.7 Å². The fourth-order valence-electron chi connectivity index (χ4n) is 2.77. The van der Waals surface area contributed by atoms with Crippen LogP contribution in [-0.2, 0) is 0 Å².